The summed E-state index contributed by atoms with van der Waals surface area (Å²) in [7, 11) is 1.74. The average molecular weight is 275 g/mol. The predicted molar refractivity (Wildman–Crippen MR) is 80.7 cm³/mol. The Balaban J connectivity index is 1.96. The molecule has 0 radical (unpaired) electrons. The lowest BCUT2D eigenvalue weighted by Gasteiger charge is -2.28. The first-order chi connectivity index (χ1) is 9.34. The molecule has 0 bridgehead atoms. The molecule has 1 N–H and O–H groups in total. The quantitative estimate of drug-likeness (QED) is 0.917. The summed E-state index contributed by atoms with van der Waals surface area (Å²) in [5.41, 5.74) is 2.40. The zero-order valence-electron chi connectivity index (χ0n) is 13.0. The van der Waals surface area contributed by atoms with Crippen molar-refractivity contribution in [3.63, 3.8) is 0 Å². The van der Waals surface area contributed by atoms with Crippen molar-refractivity contribution in [2.24, 2.45) is 5.41 Å². The minimum Gasteiger partial charge on any atom is -0.376 e. The highest BCUT2D eigenvalue weighted by molar-refractivity contribution is 5.76. The van der Waals surface area contributed by atoms with Crippen LogP contribution in [0.4, 0.5) is 0 Å². The van der Waals surface area contributed by atoms with Gasteiger partial charge in [-0.05, 0) is 16.5 Å². The molecule has 0 saturated heterocycles. The van der Waals surface area contributed by atoms with E-state index < -0.39 is 0 Å². The number of methoxy groups -OCH3 is 1. The van der Waals surface area contributed by atoms with E-state index in [0.717, 1.165) is 12.8 Å². The highest BCUT2D eigenvalue weighted by Gasteiger charge is 2.37. The maximum absolute atomic E-state index is 12.0. The van der Waals surface area contributed by atoms with Gasteiger partial charge in [0, 0.05) is 32.9 Å². The summed E-state index contributed by atoms with van der Waals surface area (Å²) in [6.45, 7) is 6.80. The van der Waals surface area contributed by atoms with Gasteiger partial charge in [0.1, 0.15) is 0 Å². The van der Waals surface area contributed by atoms with Crippen LogP contribution in [0.2, 0.25) is 0 Å². The van der Waals surface area contributed by atoms with Crippen molar-refractivity contribution < 1.29 is 9.53 Å². The molecule has 3 nitrogen and oxygen atoms in total. The van der Waals surface area contributed by atoms with Gasteiger partial charge in [-0.2, -0.15) is 0 Å². The van der Waals surface area contributed by atoms with Crippen LogP contribution in [0.1, 0.15) is 38.3 Å². The Kier molecular flexibility index (Phi) is 4.19. The number of ether oxygens (including phenoxy) is 1. The van der Waals surface area contributed by atoms with E-state index >= 15 is 0 Å². The summed E-state index contributed by atoms with van der Waals surface area (Å²) >= 11 is 0. The summed E-state index contributed by atoms with van der Waals surface area (Å²) in [4.78, 5) is 12.0. The van der Waals surface area contributed by atoms with Crippen molar-refractivity contribution in [1.29, 1.82) is 0 Å². The number of hydrogen-bond donors (Lipinski definition) is 1. The Bertz CT molecular complexity index is 463. The van der Waals surface area contributed by atoms with Gasteiger partial charge < -0.3 is 10.1 Å². The first-order valence-electron chi connectivity index (χ1n) is 7.22. The van der Waals surface area contributed by atoms with E-state index in [1.807, 2.05) is 0 Å². The molecule has 0 saturated carbocycles. The second-order valence-electron chi connectivity index (χ2n) is 7.02. The number of amides is 1. The van der Waals surface area contributed by atoms with Crippen LogP contribution >= 0.6 is 0 Å². The number of benzene rings is 1. The molecule has 3 heteroatoms. The van der Waals surface area contributed by atoms with Gasteiger partial charge in [0.15, 0.2) is 0 Å². The van der Waals surface area contributed by atoms with Crippen molar-refractivity contribution in [3.8, 4) is 0 Å². The Labute approximate surface area is 121 Å². The summed E-state index contributed by atoms with van der Waals surface area (Å²) in [5, 5.41) is 3.04. The van der Waals surface area contributed by atoms with E-state index in [1.54, 1.807) is 7.11 Å². The molecule has 2 rings (SSSR count). The molecule has 1 aromatic carbocycles. The zero-order valence-corrected chi connectivity index (χ0v) is 13.0. The topological polar surface area (TPSA) is 38.3 Å². The van der Waals surface area contributed by atoms with Crippen LogP contribution in [0, 0.1) is 5.41 Å². The fourth-order valence-corrected chi connectivity index (χ4v) is 2.80. The fourth-order valence-electron chi connectivity index (χ4n) is 2.80. The molecule has 1 aliphatic rings. The molecule has 20 heavy (non-hydrogen) atoms. The lowest BCUT2D eigenvalue weighted by atomic mass is 9.91. The molecule has 0 fully saturated rings. The van der Waals surface area contributed by atoms with Gasteiger partial charge in [0.05, 0.1) is 5.60 Å². The molecule has 0 heterocycles. The molecule has 0 aromatic heterocycles. The third-order valence-corrected chi connectivity index (χ3v) is 3.88. The molecular formula is C17H25NO2. The van der Waals surface area contributed by atoms with Gasteiger partial charge in [-0.15, -0.1) is 0 Å². The van der Waals surface area contributed by atoms with Crippen molar-refractivity contribution in [1.82, 2.24) is 5.32 Å². The van der Waals surface area contributed by atoms with Crippen LogP contribution in [0.3, 0.4) is 0 Å². The van der Waals surface area contributed by atoms with Gasteiger partial charge in [0.25, 0.3) is 0 Å². The number of nitrogens with one attached hydrogen (secondary N) is 1. The van der Waals surface area contributed by atoms with E-state index in [0.29, 0.717) is 13.0 Å². The first kappa shape index (κ1) is 15.0. The standard InChI is InChI=1S/C17H25NO2/c1-16(2,3)11-15(19)18-12-17(20-4)9-13-7-5-6-8-14(13)10-17/h5-8H,9-12H2,1-4H3,(H,18,19). The van der Waals surface area contributed by atoms with Crippen molar-refractivity contribution in [2.75, 3.05) is 13.7 Å². The third kappa shape index (κ3) is 3.60. The predicted octanol–water partition coefficient (Wildman–Crippen LogP) is 2.72. The Hall–Kier alpha value is -1.35. The smallest absolute Gasteiger partial charge is 0.220 e. The van der Waals surface area contributed by atoms with Crippen LogP contribution in [0.5, 0.6) is 0 Å². The minimum atomic E-state index is -0.281. The molecule has 0 spiro atoms. The van der Waals surface area contributed by atoms with Gasteiger partial charge >= 0.3 is 0 Å². The average Bonchev–Trinajstić information content (AvgIpc) is 2.73. The fraction of sp³-hybridized carbons (Fsp3) is 0.588. The Morgan fingerprint density at radius 1 is 1.25 bits per heavy atom. The Morgan fingerprint density at radius 3 is 2.25 bits per heavy atom. The van der Waals surface area contributed by atoms with Gasteiger partial charge in [-0.3, -0.25) is 4.79 Å². The number of carbonyl (C=O) groups excluding carboxylic acids is 1. The van der Waals surface area contributed by atoms with Crippen molar-refractivity contribution >= 4 is 5.91 Å². The number of rotatable bonds is 4. The second kappa shape index (κ2) is 5.57. The van der Waals surface area contributed by atoms with Gasteiger partial charge in [0.2, 0.25) is 5.91 Å². The summed E-state index contributed by atoms with van der Waals surface area (Å²) in [5.74, 6) is 0.102. The Morgan fingerprint density at radius 2 is 1.80 bits per heavy atom. The van der Waals surface area contributed by atoms with E-state index in [2.05, 4.69) is 50.4 Å². The summed E-state index contributed by atoms with van der Waals surface area (Å²) in [6.07, 6.45) is 2.28. The number of carbonyl (C=O) groups is 1. The van der Waals surface area contributed by atoms with Crippen LogP contribution in [-0.4, -0.2) is 25.2 Å². The molecule has 0 aliphatic heterocycles. The number of hydrogen-bond acceptors (Lipinski definition) is 2. The lowest BCUT2D eigenvalue weighted by Crippen LogP contribution is -2.45. The van der Waals surface area contributed by atoms with Crippen LogP contribution in [-0.2, 0) is 22.4 Å². The van der Waals surface area contributed by atoms with Crippen molar-refractivity contribution in [3.05, 3.63) is 35.4 Å². The van der Waals surface area contributed by atoms with E-state index in [4.69, 9.17) is 4.74 Å². The normalized spacial score (nSPS) is 16.8. The monoisotopic (exact) mass is 275 g/mol. The van der Waals surface area contributed by atoms with Gasteiger partial charge in [-0.25, -0.2) is 0 Å². The van der Waals surface area contributed by atoms with Crippen molar-refractivity contribution in [2.45, 2.75) is 45.6 Å². The van der Waals surface area contributed by atoms with E-state index in [1.165, 1.54) is 11.1 Å². The molecule has 1 aliphatic carbocycles. The van der Waals surface area contributed by atoms with Crippen LogP contribution < -0.4 is 5.32 Å². The molecule has 0 unspecified atom stereocenters. The molecule has 1 aromatic rings. The van der Waals surface area contributed by atoms with E-state index in [9.17, 15) is 4.79 Å². The molecule has 110 valence electrons. The SMILES string of the molecule is COC1(CNC(=O)CC(C)(C)C)Cc2ccccc2C1. The highest BCUT2D eigenvalue weighted by Crippen LogP contribution is 2.32. The maximum atomic E-state index is 12.0. The summed E-state index contributed by atoms with van der Waals surface area (Å²) < 4.78 is 5.75. The van der Waals surface area contributed by atoms with E-state index in [-0.39, 0.29) is 16.9 Å². The van der Waals surface area contributed by atoms with Crippen LogP contribution in [0.15, 0.2) is 24.3 Å². The second-order valence-corrected chi connectivity index (χ2v) is 7.02. The number of fused-ring (bicyclic) bond motifs is 1. The molecule has 0 atom stereocenters. The lowest BCUT2D eigenvalue weighted by molar-refractivity contribution is -0.124. The largest absolute Gasteiger partial charge is 0.376 e. The molecule has 1 amide bonds. The van der Waals surface area contributed by atoms with Gasteiger partial charge in [-0.1, -0.05) is 45.0 Å². The third-order valence-electron chi connectivity index (χ3n) is 3.88. The first-order valence-corrected chi connectivity index (χ1v) is 7.22. The minimum absolute atomic E-state index is 0.0168. The maximum Gasteiger partial charge on any atom is 0.220 e. The summed E-state index contributed by atoms with van der Waals surface area (Å²) in [6, 6.07) is 8.41. The highest BCUT2D eigenvalue weighted by atomic mass is 16.5. The van der Waals surface area contributed by atoms with Crippen LogP contribution in [0.25, 0.3) is 0 Å². The molecular weight excluding hydrogens is 250 g/mol. The zero-order chi connectivity index (χ0) is 14.8.